The lowest BCUT2D eigenvalue weighted by Crippen LogP contribution is -2.38. The third-order valence-corrected chi connectivity index (χ3v) is 2.37. The van der Waals surface area contributed by atoms with E-state index in [1.54, 1.807) is 12.1 Å². The van der Waals surface area contributed by atoms with Crippen molar-refractivity contribution in [2.45, 2.75) is 6.54 Å². The van der Waals surface area contributed by atoms with Crippen LogP contribution in [-0.2, 0) is 11.4 Å². The van der Waals surface area contributed by atoms with E-state index in [0.29, 0.717) is 11.5 Å². The van der Waals surface area contributed by atoms with Gasteiger partial charge in [0, 0.05) is 5.56 Å². The van der Waals surface area contributed by atoms with E-state index >= 15 is 0 Å². The lowest BCUT2D eigenvalue weighted by atomic mass is 10.1. The number of rotatable bonds is 3. The van der Waals surface area contributed by atoms with Gasteiger partial charge in [-0.25, -0.2) is 4.79 Å². The van der Waals surface area contributed by atoms with Crippen molar-refractivity contribution in [1.29, 1.82) is 0 Å². The van der Waals surface area contributed by atoms with Crippen molar-refractivity contribution in [2.75, 3.05) is 13.2 Å². The summed E-state index contributed by atoms with van der Waals surface area (Å²) >= 11 is 0. The van der Waals surface area contributed by atoms with E-state index in [1.807, 2.05) is 0 Å². The molecule has 2 rings (SSSR count). The zero-order valence-electron chi connectivity index (χ0n) is 9.13. The maximum absolute atomic E-state index is 10.9. The molecule has 1 amide bonds. The van der Waals surface area contributed by atoms with Crippen LogP contribution in [0.2, 0.25) is 0 Å². The van der Waals surface area contributed by atoms with Gasteiger partial charge in [0.05, 0.1) is 19.4 Å². The predicted octanol–water partition coefficient (Wildman–Crippen LogP) is 1.68. The molecule has 0 saturated carbocycles. The van der Waals surface area contributed by atoms with Crippen LogP contribution in [0.15, 0.2) is 34.6 Å². The third kappa shape index (κ3) is 2.30. The van der Waals surface area contributed by atoms with Crippen LogP contribution in [0.3, 0.4) is 0 Å². The summed E-state index contributed by atoms with van der Waals surface area (Å²) in [5, 5.41) is 12.9. The Balaban J connectivity index is 2.23. The van der Waals surface area contributed by atoms with Crippen LogP contribution >= 0.6 is 0 Å². The van der Waals surface area contributed by atoms with E-state index in [1.165, 1.54) is 11.2 Å². The zero-order chi connectivity index (χ0) is 12.3. The Bertz CT molecular complexity index is 464. The van der Waals surface area contributed by atoms with Crippen LogP contribution in [-0.4, -0.2) is 35.0 Å². The van der Waals surface area contributed by atoms with Gasteiger partial charge in [0.15, 0.2) is 0 Å². The largest absolute Gasteiger partial charge is 0.467 e. The van der Waals surface area contributed by atoms with Gasteiger partial charge in [0.1, 0.15) is 18.1 Å². The molecule has 1 aliphatic rings. The minimum absolute atomic E-state index is 0.193. The standard InChI is InChI=1S/C11H12N2O4/c1-2-4-17-12-9-6-13(11(14)15)7-10-8(9)3-5-16-10/h2-3,5H,1,4,6-7H2,(H,14,15). The molecule has 90 valence electrons. The van der Waals surface area contributed by atoms with Gasteiger partial charge in [-0.05, 0) is 6.07 Å². The van der Waals surface area contributed by atoms with E-state index in [0.717, 1.165) is 5.56 Å². The molecule has 6 nitrogen and oxygen atoms in total. The molecule has 2 heterocycles. The number of nitrogens with zero attached hydrogens (tertiary/aromatic N) is 2. The van der Waals surface area contributed by atoms with Gasteiger partial charge < -0.3 is 14.4 Å². The molecule has 1 aromatic heterocycles. The quantitative estimate of drug-likeness (QED) is 0.492. The Morgan fingerprint density at radius 3 is 3.24 bits per heavy atom. The van der Waals surface area contributed by atoms with Crippen molar-refractivity contribution in [2.24, 2.45) is 5.16 Å². The van der Waals surface area contributed by atoms with Crippen LogP contribution < -0.4 is 0 Å². The number of furan rings is 1. The zero-order valence-corrected chi connectivity index (χ0v) is 9.13. The van der Waals surface area contributed by atoms with Crippen LogP contribution in [0.1, 0.15) is 11.3 Å². The molecular formula is C11H12N2O4. The first-order valence-electron chi connectivity index (χ1n) is 5.06. The highest BCUT2D eigenvalue weighted by atomic mass is 16.6. The average molecular weight is 236 g/mol. The molecule has 17 heavy (non-hydrogen) atoms. The number of fused-ring (bicyclic) bond motifs is 1. The minimum atomic E-state index is -1.01. The van der Waals surface area contributed by atoms with Gasteiger partial charge in [-0.3, -0.25) is 4.90 Å². The summed E-state index contributed by atoms with van der Waals surface area (Å²) < 4.78 is 5.21. The van der Waals surface area contributed by atoms with Gasteiger partial charge in [-0.1, -0.05) is 17.8 Å². The summed E-state index contributed by atoms with van der Waals surface area (Å²) in [7, 11) is 0. The molecule has 0 aromatic carbocycles. The maximum atomic E-state index is 10.9. The highest BCUT2D eigenvalue weighted by Gasteiger charge is 2.27. The molecular weight excluding hydrogens is 224 g/mol. The first-order chi connectivity index (χ1) is 8.22. The van der Waals surface area contributed by atoms with Crippen molar-refractivity contribution < 1.29 is 19.2 Å². The Labute approximate surface area is 97.8 Å². The summed E-state index contributed by atoms with van der Waals surface area (Å²) in [6.45, 7) is 4.21. The molecule has 0 aliphatic carbocycles. The number of oxime groups is 1. The molecule has 1 aliphatic heterocycles. The molecule has 0 unspecified atom stereocenters. The van der Waals surface area contributed by atoms with Crippen LogP contribution in [0.5, 0.6) is 0 Å². The van der Waals surface area contributed by atoms with Gasteiger partial charge in [-0.2, -0.15) is 0 Å². The lowest BCUT2D eigenvalue weighted by Gasteiger charge is -2.23. The van der Waals surface area contributed by atoms with Crippen molar-refractivity contribution in [3.8, 4) is 0 Å². The molecule has 0 spiro atoms. The van der Waals surface area contributed by atoms with Crippen LogP contribution in [0.4, 0.5) is 4.79 Å². The second-order valence-electron chi connectivity index (χ2n) is 3.52. The summed E-state index contributed by atoms with van der Waals surface area (Å²) in [4.78, 5) is 17.1. The van der Waals surface area contributed by atoms with E-state index in [4.69, 9.17) is 14.4 Å². The normalized spacial score (nSPS) is 16.7. The SMILES string of the molecule is C=CCON=C1CN(C(=O)O)Cc2occc21. The second-order valence-corrected chi connectivity index (χ2v) is 3.52. The van der Waals surface area contributed by atoms with Crippen LogP contribution in [0.25, 0.3) is 0 Å². The first-order valence-corrected chi connectivity index (χ1v) is 5.06. The smallest absolute Gasteiger partial charge is 0.408 e. The fourth-order valence-electron chi connectivity index (χ4n) is 1.60. The molecule has 0 saturated heterocycles. The van der Waals surface area contributed by atoms with Crippen molar-refractivity contribution in [3.63, 3.8) is 0 Å². The minimum Gasteiger partial charge on any atom is -0.467 e. The van der Waals surface area contributed by atoms with E-state index in [2.05, 4.69) is 11.7 Å². The Kier molecular flexibility index (Phi) is 3.13. The molecule has 6 heteroatoms. The molecule has 1 N–H and O–H groups in total. The number of amides is 1. The third-order valence-electron chi connectivity index (χ3n) is 2.37. The molecule has 0 fully saturated rings. The average Bonchev–Trinajstić information content (AvgIpc) is 2.77. The van der Waals surface area contributed by atoms with Gasteiger partial charge in [0.25, 0.3) is 0 Å². The monoisotopic (exact) mass is 236 g/mol. The van der Waals surface area contributed by atoms with Gasteiger partial charge in [-0.15, -0.1) is 0 Å². The fourth-order valence-corrected chi connectivity index (χ4v) is 1.60. The van der Waals surface area contributed by atoms with Crippen molar-refractivity contribution in [1.82, 2.24) is 4.90 Å². The van der Waals surface area contributed by atoms with Gasteiger partial charge >= 0.3 is 6.09 Å². The van der Waals surface area contributed by atoms with E-state index < -0.39 is 6.09 Å². The molecule has 0 atom stereocenters. The Hall–Kier alpha value is -2.24. The summed E-state index contributed by atoms with van der Waals surface area (Å²) in [5.74, 6) is 0.583. The number of carbonyl (C=O) groups is 1. The predicted molar refractivity (Wildman–Crippen MR) is 59.8 cm³/mol. The fraction of sp³-hybridized carbons (Fsp3) is 0.273. The van der Waals surface area contributed by atoms with Crippen molar-refractivity contribution in [3.05, 3.63) is 36.3 Å². The maximum Gasteiger partial charge on any atom is 0.408 e. The highest BCUT2D eigenvalue weighted by Crippen LogP contribution is 2.20. The summed E-state index contributed by atoms with van der Waals surface area (Å²) in [6, 6.07) is 1.75. The number of hydrogen-bond donors (Lipinski definition) is 1. The second kappa shape index (κ2) is 4.73. The molecule has 0 radical (unpaired) electrons. The van der Waals surface area contributed by atoms with Crippen molar-refractivity contribution >= 4 is 11.8 Å². The number of carboxylic acid groups (broad SMARTS) is 1. The lowest BCUT2D eigenvalue weighted by molar-refractivity contribution is 0.141. The number of hydrogen-bond acceptors (Lipinski definition) is 4. The summed E-state index contributed by atoms with van der Waals surface area (Å²) in [5.41, 5.74) is 1.34. The topological polar surface area (TPSA) is 75.3 Å². The highest BCUT2D eigenvalue weighted by molar-refractivity contribution is 6.04. The van der Waals surface area contributed by atoms with E-state index in [-0.39, 0.29) is 19.7 Å². The molecule has 0 bridgehead atoms. The summed E-state index contributed by atoms with van der Waals surface area (Å²) in [6.07, 6.45) is 2.07. The van der Waals surface area contributed by atoms with Crippen LogP contribution in [0, 0.1) is 0 Å². The van der Waals surface area contributed by atoms with E-state index in [9.17, 15) is 4.79 Å². The molecule has 1 aromatic rings. The Morgan fingerprint density at radius 1 is 1.71 bits per heavy atom. The first kappa shape index (κ1) is 11.3. The Morgan fingerprint density at radius 2 is 2.53 bits per heavy atom. The van der Waals surface area contributed by atoms with Gasteiger partial charge in [0.2, 0.25) is 0 Å².